The Morgan fingerprint density at radius 1 is 1.33 bits per heavy atom. The number of nitrogens with zero attached hydrogens (tertiary/aromatic N) is 1. The summed E-state index contributed by atoms with van der Waals surface area (Å²) in [5.41, 5.74) is -0.301. The number of esters is 1. The van der Waals surface area contributed by atoms with E-state index in [4.69, 9.17) is 4.74 Å². The number of benzene rings is 1. The number of nitro groups is 1. The summed E-state index contributed by atoms with van der Waals surface area (Å²) in [4.78, 5) is 33.7. The van der Waals surface area contributed by atoms with E-state index in [-0.39, 0.29) is 16.8 Å². The average Bonchev–Trinajstić information content (AvgIpc) is 2.33. The summed E-state index contributed by atoms with van der Waals surface area (Å²) in [5, 5.41) is 13.5. The van der Waals surface area contributed by atoms with Gasteiger partial charge >= 0.3 is 5.97 Å². The van der Waals surface area contributed by atoms with E-state index >= 15 is 0 Å². The number of carbonyl (C=O) groups is 2. The van der Waals surface area contributed by atoms with Gasteiger partial charge < -0.3 is 10.1 Å². The van der Waals surface area contributed by atoms with Gasteiger partial charge in [-0.2, -0.15) is 0 Å². The van der Waals surface area contributed by atoms with Gasteiger partial charge in [-0.1, -0.05) is 6.07 Å². The molecule has 0 aliphatic rings. The van der Waals surface area contributed by atoms with Crippen LogP contribution in [0.4, 0.5) is 5.69 Å². The van der Waals surface area contributed by atoms with Gasteiger partial charge in [0.25, 0.3) is 11.6 Å². The second-order valence-electron chi connectivity index (χ2n) is 5.58. The average molecular weight is 294 g/mol. The van der Waals surface area contributed by atoms with Crippen LogP contribution >= 0.6 is 0 Å². The van der Waals surface area contributed by atoms with Crippen LogP contribution in [-0.2, 0) is 9.53 Å². The molecule has 114 valence electrons. The molecule has 1 amide bonds. The van der Waals surface area contributed by atoms with Crippen LogP contribution in [0.1, 0.15) is 36.7 Å². The van der Waals surface area contributed by atoms with Crippen LogP contribution in [0.3, 0.4) is 0 Å². The van der Waals surface area contributed by atoms with Gasteiger partial charge in [0.05, 0.1) is 10.5 Å². The molecule has 0 saturated carbocycles. The third-order valence-electron chi connectivity index (χ3n) is 2.57. The van der Waals surface area contributed by atoms with Crippen LogP contribution in [0.15, 0.2) is 18.2 Å². The summed E-state index contributed by atoms with van der Waals surface area (Å²) < 4.78 is 4.88. The molecule has 0 aromatic heterocycles. The molecule has 0 bridgehead atoms. The Bertz CT molecular complexity index is 575. The Morgan fingerprint density at radius 2 is 1.95 bits per heavy atom. The van der Waals surface area contributed by atoms with Crippen LogP contribution in [0.5, 0.6) is 0 Å². The van der Waals surface area contributed by atoms with Crippen molar-refractivity contribution in [2.24, 2.45) is 0 Å². The Labute approximate surface area is 122 Å². The molecule has 0 radical (unpaired) electrons. The number of nitrogens with one attached hydrogen (secondary N) is 1. The molecule has 1 rings (SSSR count). The van der Waals surface area contributed by atoms with E-state index < -0.39 is 28.9 Å². The maximum Gasteiger partial charge on any atom is 0.339 e. The number of rotatable bonds is 4. The van der Waals surface area contributed by atoms with Crippen molar-refractivity contribution in [2.45, 2.75) is 33.2 Å². The first-order valence-corrected chi connectivity index (χ1v) is 6.34. The molecule has 1 aromatic rings. The van der Waals surface area contributed by atoms with E-state index in [9.17, 15) is 19.7 Å². The number of nitro benzene ring substituents is 1. The zero-order valence-electron chi connectivity index (χ0n) is 12.4. The van der Waals surface area contributed by atoms with Gasteiger partial charge in [0.1, 0.15) is 0 Å². The SMILES string of the molecule is Cc1c(C(=O)OCC(=O)NC(C)(C)C)cccc1[N+](=O)[O-]. The van der Waals surface area contributed by atoms with Crippen LogP contribution in [0.25, 0.3) is 0 Å². The summed E-state index contributed by atoms with van der Waals surface area (Å²) in [6, 6.07) is 4.13. The molecule has 0 aliphatic carbocycles. The van der Waals surface area contributed by atoms with Crippen molar-refractivity contribution in [2.75, 3.05) is 6.61 Å². The minimum atomic E-state index is -0.764. The predicted molar refractivity (Wildman–Crippen MR) is 76.0 cm³/mol. The molecule has 0 unspecified atom stereocenters. The number of ether oxygens (including phenoxy) is 1. The molecule has 0 heterocycles. The summed E-state index contributed by atoms with van der Waals surface area (Å²) in [5.74, 6) is -1.20. The van der Waals surface area contributed by atoms with E-state index in [1.54, 1.807) is 20.8 Å². The van der Waals surface area contributed by atoms with Crippen molar-refractivity contribution >= 4 is 17.6 Å². The zero-order valence-corrected chi connectivity index (χ0v) is 12.4. The third-order valence-corrected chi connectivity index (χ3v) is 2.57. The summed E-state index contributed by atoms with van der Waals surface area (Å²) in [6.07, 6.45) is 0. The quantitative estimate of drug-likeness (QED) is 0.520. The predicted octanol–water partition coefficient (Wildman–Crippen LogP) is 1.97. The fourth-order valence-corrected chi connectivity index (χ4v) is 1.71. The van der Waals surface area contributed by atoms with E-state index in [0.717, 1.165) is 0 Å². The summed E-state index contributed by atoms with van der Waals surface area (Å²) >= 11 is 0. The Kier molecular flexibility index (Phi) is 5.02. The molecule has 7 heteroatoms. The highest BCUT2D eigenvalue weighted by atomic mass is 16.6. The molecule has 0 atom stereocenters. The van der Waals surface area contributed by atoms with Gasteiger partial charge in [-0.3, -0.25) is 14.9 Å². The first-order valence-electron chi connectivity index (χ1n) is 6.34. The molecule has 1 aromatic carbocycles. The monoisotopic (exact) mass is 294 g/mol. The molecule has 0 spiro atoms. The van der Waals surface area contributed by atoms with Crippen LogP contribution in [0, 0.1) is 17.0 Å². The van der Waals surface area contributed by atoms with Crippen LogP contribution in [-0.4, -0.2) is 28.9 Å². The molecular formula is C14H18N2O5. The molecule has 0 aliphatic heterocycles. The molecule has 1 N–H and O–H groups in total. The number of carbonyl (C=O) groups excluding carboxylic acids is 2. The lowest BCUT2D eigenvalue weighted by Gasteiger charge is -2.20. The van der Waals surface area contributed by atoms with Crippen molar-refractivity contribution < 1.29 is 19.2 Å². The van der Waals surface area contributed by atoms with Crippen molar-refractivity contribution in [3.63, 3.8) is 0 Å². The lowest BCUT2D eigenvalue weighted by molar-refractivity contribution is -0.385. The molecule has 0 fully saturated rings. The smallest absolute Gasteiger partial charge is 0.339 e. The van der Waals surface area contributed by atoms with Gasteiger partial charge in [0, 0.05) is 17.2 Å². The second-order valence-corrected chi connectivity index (χ2v) is 5.58. The van der Waals surface area contributed by atoms with Gasteiger partial charge in [-0.15, -0.1) is 0 Å². The normalized spacial score (nSPS) is 10.9. The minimum absolute atomic E-state index is 0.0766. The van der Waals surface area contributed by atoms with Crippen molar-refractivity contribution in [3.05, 3.63) is 39.4 Å². The van der Waals surface area contributed by atoms with Crippen molar-refractivity contribution in [3.8, 4) is 0 Å². The fraction of sp³-hybridized carbons (Fsp3) is 0.429. The molecular weight excluding hydrogens is 276 g/mol. The highest BCUT2D eigenvalue weighted by Crippen LogP contribution is 2.21. The summed E-state index contributed by atoms with van der Waals surface area (Å²) in [7, 11) is 0. The highest BCUT2D eigenvalue weighted by Gasteiger charge is 2.20. The maximum atomic E-state index is 11.9. The van der Waals surface area contributed by atoms with E-state index in [0.29, 0.717) is 0 Å². The van der Waals surface area contributed by atoms with Gasteiger partial charge in [-0.25, -0.2) is 4.79 Å². The largest absolute Gasteiger partial charge is 0.452 e. The first-order chi connectivity index (χ1) is 9.61. The highest BCUT2D eigenvalue weighted by molar-refractivity contribution is 5.93. The van der Waals surface area contributed by atoms with E-state index in [2.05, 4.69) is 5.32 Å². The zero-order chi connectivity index (χ0) is 16.2. The third kappa shape index (κ3) is 4.87. The Balaban J connectivity index is 2.75. The van der Waals surface area contributed by atoms with Crippen LogP contribution < -0.4 is 5.32 Å². The number of hydrogen-bond donors (Lipinski definition) is 1. The number of hydrogen-bond acceptors (Lipinski definition) is 5. The molecule has 0 saturated heterocycles. The van der Waals surface area contributed by atoms with E-state index in [1.165, 1.54) is 25.1 Å². The minimum Gasteiger partial charge on any atom is -0.452 e. The topological polar surface area (TPSA) is 98.5 Å². The van der Waals surface area contributed by atoms with Gasteiger partial charge in [-0.05, 0) is 33.8 Å². The Morgan fingerprint density at radius 3 is 2.48 bits per heavy atom. The summed E-state index contributed by atoms with van der Waals surface area (Å²) in [6.45, 7) is 6.44. The van der Waals surface area contributed by atoms with Gasteiger partial charge in [0.15, 0.2) is 6.61 Å². The second kappa shape index (κ2) is 6.34. The van der Waals surface area contributed by atoms with Gasteiger partial charge in [0.2, 0.25) is 0 Å². The fourth-order valence-electron chi connectivity index (χ4n) is 1.71. The Hall–Kier alpha value is -2.44. The van der Waals surface area contributed by atoms with Crippen molar-refractivity contribution in [1.82, 2.24) is 5.32 Å². The van der Waals surface area contributed by atoms with Crippen LogP contribution in [0.2, 0.25) is 0 Å². The number of amides is 1. The lowest BCUT2D eigenvalue weighted by atomic mass is 10.1. The molecule has 21 heavy (non-hydrogen) atoms. The van der Waals surface area contributed by atoms with Crippen molar-refractivity contribution in [1.29, 1.82) is 0 Å². The lowest BCUT2D eigenvalue weighted by Crippen LogP contribution is -2.42. The first kappa shape index (κ1) is 16.6. The van der Waals surface area contributed by atoms with E-state index in [1.807, 2.05) is 0 Å². The molecule has 7 nitrogen and oxygen atoms in total. The maximum absolute atomic E-state index is 11.9. The standard InChI is InChI=1S/C14H18N2O5/c1-9-10(6-5-7-11(9)16(19)20)13(18)21-8-12(17)15-14(2,3)4/h5-7H,8H2,1-4H3,(H,15,17).